The lowest BCUT2D eigenvalue weighted by atomic mass is 10.1. The SMILES string of the molecule is C\C=C/C(/C=C/c1ccc(NC)cc1)=C\C=C(/NCCCCCC)c1ccc(C)cc1. The number of allylic oxidation sites excluding steroid dienone is 6. The Morgan fingerprint density at radius 3 is 2.26 bits per heavy atom. The molecule has 0 spiro atoms. The Labute approximate surface area is 189 Å². The Bertz CT molecular complexity index is 881. The zero-order valence-corrected chi connectivity index (χ0v) is 19.6. The minimum absolute atomic E-state index is 1.00. The molecule has 0 aromatic heterocycles. The van der Waals surface area contributed by atoms with Crippen molar-refractivity contribution in [2.24, 2.45) is 0 Å². The Balaban J connectivity index is 2.20. The molecule has 0 aliphatic heterocycles. The monoisotopic (exact) mass is 414 g/mol. The van der Waals surface area contributed by atoms with Crippen LogP contribution in [-0.4, -0.2) is 13.6 Å². The summed E-state index contributed by atoms with van der Waals surface area (Å²) >= 11 is 0. The van der Waals surface area contributed by atoms with Gasteiger partial charge in [-0.3, -0.25) is 0 Å². The van der Waals surface area contributed by atoms with Crippen molar-refractivity contribution in [3.05, 3.63) is 101 Å². The molecule has 2 aromatic carbocycles. The predicted molar refractivity (Wildman–Crippen MR) is 139 cm³/mol. The van der Waals surface area contributed by atoms with Crippen LogP contribution in [-0.2, 0) is 0 Å². The molecule has 0 fully saturated rings. The first-order chi connectivity index (χ1) is 15.2. The summed E-state index contributed by atoms with van der Waals surface area (Å²) in [5, 5.41) is 6.82. The van der Waals surface area contributed by atoms with Crippen LogP contribution < -0.4 is 10.6 Å². The summed E-state index contributed by atoms with van der Waals surface area (Å²) in [6, 6.07) is 17.2. The van der Waals surface area contributed by atoms with Gasteiger partial charge in [-0.15, -0.1) is 0 Å². The van der Waals surface area contributed by atoms with Crippen molar-refractivity contribution in [2.75, 3.05) is 18.9 Å². The Hall–Kier alpha value is -3.00. The maximum atomic E-state index is 3.66. The van der Waals surface area contributed by atoms with E-state index in [9.17, 15) is 0 Å². The number of aryl methyl sites for hydroxylation is 1. The van der Waals surface area contributed by atoms with E-state index < -0.39 is 0 Å². The zero-order valence-electron chi connectivity index (χ0n) is 19.6. The quantitative estimate of drug-likeness (QED) is 0.274. The molecule has 0 radical (unpaired) electrons. The molecule has 0 heterocycles. The number of hydrogen-bond acceptors (Lipinski definition) is 2. The van der Waals surface area contributed by atoms with Gasteiger partial charge in [-0.25, -0.2) is 0 Å². The highest BCUT2D eigenvalue weighted by Gasteiger charge is 2.00. The van der Waals surface area contributed by atoms with E-state index in [2.05, 4.69) is 116 Å². The molecule has 31 heavy (non-hydrogen) atoms. The highest BCUT2D eigenvalue weighted by molar-refractivity contribution is 5.67. The van der Waals surface area contributed by atoms with E-state index in [-0.39, 0.29) is 0 Å². The van der Waals surface area contributed by atoms with Crippen LogP contribution in [0.2, 0.25) is 0 Å². The van der Waals surface area contributed by atoms with Gasteiger partial charge in [0.2, 0.25) is 0 Å². The Morgan fingerprint density at radius 2 is 1.61 bits per heavy atom. The highest BCUT2D eigenvalue weighted by atomic mass is 14.9. The summed E-state index contributed by atoms with van der Waals surface area (Å²) < 4.78 is 0. The van der Waals surface area contributed by atoms with E-state index in [1.54, 1.807) is 0 Å². The number of anilines is 1. The average Bonchev–Trinajstić information content (AvgIpc) is 2.80. The summed E-state index contributed by atoms with van der Waals surface area (Å²) in [4.78, 5) is 0. The van der Waals surface area contributed by atoms with Crippen LogP contribution in [0.4, 0.5) is 5.69 Å². The third-order valence-corrected chi connectivity index (χ3v) is 5.18. The third kappa shape index (κ3) is 9.13. The molecule has 2 aromatic rings. The number of unbranched alkanes of at least 4 members (excludes halogenated alkanes) is 3. The minimum atomic E-state index is 1.00. The first kappa shape index (κ1) is 24.3. The van der Waals surface area contributed by atoms with Crippen molar-refractivity contribution < 1.29 is 0 Å². The molecule has 0 unspecified atom stereocenters. The summed E-state index contributed by atoms with van der Waals surface area (Å²) in [7, 11) is 1.94. The lowest BCUT2D eigenvalue weighted by molar-refractivity contribution is 0.650. The topological polar surface area (TPSA) is 24.1 Å². The Morgan fingerprint density at radius 1 is 0.871 bits per heavy atom. The van der Waals surface area contributed by atoms with Gasteiger partial charge in [-0.05, 0) is 55.2 Å². The lowest BCUT2D eigenvalue weighted by Gasteiger charge is -2.11. The van der Waals surface area contributed by atoms with Crippen molar-refractivity contribution in [1.82, 2.24) is 5.32 Å². The second-order valence-corrected chi connectivity index (χ2v) is 7.81. The van der Waals surface area contributed by atoms with Crippen molar-refractivity contribution in [3.63, 3.8) is 0 Å². The molecule has 164 valence electrons. The van der Waals surface area contributed by atoms with Gasteiger partial charge in [0, 0.05) is 25.0 Å². The summed E-state index contributed by atoms with van der Waals surface area (Å²) in [6.45, 7) is 7.44. The van der Waals surface area contributed by atoms with Crippen molar-refractivity contribution >= 4 is 17.5 Å². The van der Waals surface area contributed by atoms with Crippen LogP contribution in [0.1, 0.15) is 56.2 Å². The van der Waals surface area contributed by atoms with Gasteiger partial charge in [-0.2, -0.15) is 0 Å². The summed E-state index contributed by atoms with van der Waals surface area (Å²) in [6.07, 6.45) is 18.0. The van der Waals surface area contributed by atoms with Gasteiger partial charge in [-0.1, -0.05) is 98.5 Å². The molecule has 2 rings (SSSR count). The molecular formula is C29H38N2. The molecule has 0 amide bonds. The van der Waals surface area contributed by atoms with Gasteiger partial charge in [0.25, 0.3) is 0 Å². The molecule has 2 N–H and O–H groups in total. The normalized spacial score (nSPS) is 12.6. The average molecular weight is 415 g/mol. The van der Waals surface area contributed by atoms with E-state index >= 15 is 0 Å². The minimum Gasteiger partial charge on any atom is -0.388 e. The predicted octanol–water partition coefficient (Wildman–Crippen LogP) is 7.76. The van der Waals surface area contributed by atoms with Crippen molar-refractivity contribution in [1.29, 1.82) is 0 Å². The second-order valence-electron chi connectivity index (χ2n) is 7.81. The number of hydrogen-bond donors (Lipinski definition) is 2. The summed E-state index contributed by atoms with van der Waals surface area (Å²) in [5.41, 5.74) is 7.15. The van der Waals surface area contributed by atoms with Crippen LogP contribution >= 0.6 is 0 Å². The van der Waals surface area contributed by atoms with E-state index in [4.69, 9.17) is 0 Å². The fourth-order valence-electron chi connectivity index (χ4n) is 3.26. The van der Waals surface area contributed by atoms with E-state index in [0.717, 1.165) is 17.8 Å². The standard InChI is InChI=1S/C29H38N2/c1-5-7-8-9-23-31-29(27-18-11-24(3)12-19-27)22-17-25(10-6-2)13-14-26-15-20-28(30-4)21-16-26/h6,10-22,30-31H,5,7-9,23H2,1-4H3/b10-6-,14-13+,25-17+,29-22-. The number of benzene rings is 2. The van der Waals surface area contributed by atoms with Crippen LogP contribution in [0.25, 0.3) is 11.8 Å². The van der Waals surface area contributed by atoms with E-state index in [1.807, 2.05) is 7.05 Å². The Kier molecular flexibility index (Phi) is 11.0. The molecular weight excluding hydrogens is 376 g/mol. The fourth-order valence-corrected chi connectivity index (χ4v) is 3.26. The molecule has 2 heteroatoms. The van der Waals surface area contributed by atoms with Gasteiger partial charge in [0.1, 0.15) is 0 Å². The largest absolute Gasteiger partial charge is 0.388 e. The zero-order chi connectivity index (χ0) is 22.3. The first-order valence-corrected chi connectivity index (χ1v) is 11.5. The molecule has 0 aliphatic rings. The maximum Gasteiger partial charge on any atom is 0.0413 e. The maximum absolute atomic E-state index is 3.66. The van der Waals surface area contributed by atoms with Crippen LogP contribution in [0, 0.1) is 6.92 Å². The number of rotatable bonds is 12. The molecule has 0 atom stereocenters. The van der Waals surface area contributed by atoms with Crippen LogP contribution in [0.3, 0.4) is 0 Å². The fraction of sp³-hybridized carbons (Fsp3) is 0.310. The molecule has 2 nitrogen and oxygen atoms in total. The van der Waals surface area contributed by atoms with Gasteiger partial charge >= 0.3 is 0 Å². The number of nitrogens with one attached hydrogen (secondary N) is 2. The van der Waals surface area contributed by atoms with Crippen molar-refractivity contribution in [3.8, 4) is 0 Å². The van der Waals surface area contributed by atoms with E-state index in [0.29, 0.717) is 0 Å². The van der Waals surface area contributed by atoms with E-state index in [1.165, 1.54) is 48.1 Å². The smallest absolute Gasteiger partial charge is 0.0413 e. The molecule has 0 bridgehead atoms. The van der Waals surface area contributed by atoms with Gasteiger partial charge in [0.15, 0.2) is 0 Å². The summed E-state index contributed by atoms with van der Waals surface area (Å²) in [5.74, 6) is 0. The second kappa shape index (κ2) is 14.1. The molecule has 0 saturated heterocycles. The third-order valence-electron chi connectivity index (χ3n) is 5.18. The van der Waals surface area contributed by atoms with Gasteiger partial charge in [0.05, 0.1) is 0 Å². The van der Waals surface area contributed by atoms with Crippen molar-refractivity contribution in [2.45, 2.75) is 46.5 Å². The molecule has 0 saturated carbocycles. The lowest BCUT2D eigenvalue weighted by Crippen LogP contribution is -2.13. The van der Waals surface area contributed by atoms with Crippen LogP contribution in [0.15, 0.2) is 84.5 Å². The molecule has 0 aliphatic carbocycles. The highest BCUT2D eigenvalue weighted by Crippen LogP contribution is 2.16. The van der Waals surface area contributed by atoms with Crippen LogP contribution in [0.5, 0.6) is 0 Å². The van der Waals surface area contributed by atoms with Gasteiger partial charge < -0.3 is 10.6 Å². The first-order valence-electron chi connectivity index (χ1n) is 11.5.